The molecule has 1 aliphatic heterocycles. The number of nitrogens with one attached hydrogen (secondary N) is 1. The van der Waals surface area contributed by atoms with E-state index in [1.807, 2.05) is 21.0 Å². The van der Waals surface area contributed by atoms with Gasteiger partial charge in [-0.2, -0.15) is 0 Å². The van der Waals surface area contributed by atoms with Crippen molar-refractivity contribution in [2.75, 3.05) is 45.2 Å². The number of carbonyl (C=O) groups is 1. The van der Waals surface area contributed by atoms with Crippen molar-refractivity contribution in [2.24, 2.45) is 0 Å². The van der Waals surface area contributed by atoms with Crippen LogP contribution in [-0.2, 0) is 4.74 Å². The highest BCUT2D eigenvalue weighted by Crippen LogP contribution is 2.26. The number of hydrogen-bond acceptors (Lipinski definition) is 4. The molecule has 0 aromatic heterocycles. The number of ether oxygens (including phenoxy) is 1. The molecule has 1 N–H and O–H groups in total. The average molecular weight is 305 g/mol. The zero-order chi connectivity index (χ0) is 15.9. The van der Waals surface area contributed by atoms with Crippen LogP contribution in [-0.4, -0.2) is 51.3 Å². The van der Waals surface area contributed by atoms with Gasteiger partial charge in [0.25, 0.3) is 0 Å². The summed E-state index contributed by atoms with van der Waals surface area (Å²) in [6, 6.07) is 8.78. The van der Waals surface area contributed by atoms with Crippen molar-refractivity contribution in [1.82, 2.24) is 10.2 Å². The van der Waals surface area contributed by atoms with E-state index in [1.54, 1.807) is 0 Å². The summed E-state index contributed by atoms with van der Waals surface area (Å²) in [6.07, 6.45) is 2.12. The van der Waals surface area contributed by atoms with Crippen LogP contribution in [0.5, 0.6) is 0 Å². The number of rotatable bonds is 6. The third kappa shape index (κ3) is 4.37. The maximum absolute atomic E-state index is 11.6. The molecule has 5 nitrogen and oxygen atoms in total. The largest absolute Gasteiger partial charge is 0.450 e. The van der Waals surface area contributed by atoms with Gasteiger partial charge >= 0.3 is 6.09 Å². The molecule has 0 saturated carbocycles. The van der Waals surface area contributed by atoms with E-state index in [0.717, 1.165) is 13.1 Å². The van der Waals surface area contributed by atoms with Gasteiger partial charge in [-0.25, -0.2) is 4.79 Å². The van der Waals surface area contributed by atoms with E-state index < -0.39 is 0 Å². The zero-order valence-electron chi connectivity index (χ0n) is 13.8. The van der Waals surface area contributed by atoms with Gasteiger partial charge in [0, 0.05) is 26.3 Å². The van der Waals surface area contributed by atoms with Crippen molar-refractivity contribution >= 4 is 11.8 Å². The summed E-state index contributed by atoms with van der Waals surface area (Å²) in [5.41, 5.74) is 2.42. The van der Waals surface area contributed by atoms with Gasteiger partial charge in [-0.05, 0) is 50.6 Å². The molecule has 1 atom stereocenters. The molecule has 1 saturated heterocycles. The highest BCUT2D eigenvalue weighted by Gasteiger charge is 2.24. The van der Waals surface area contributed by atoms with Gasteiger partial charge < -0.3 is 15.0 Å². The molecular weight excluding hydrogens is 278 g/mol. The summed E-state index contributed by atoms with van der Waals surface area (Å²) in [5, 5.41) is 2.88. The second kappa shape index (κ2) is 8.03. The number of benzene rings is 1. The Morgan fingerprint density at radius 1 is 1.27 bits per heavy atom. The minimum absolute atomic E-state index is 0.211. The topological polar surface area (TPSA) is 44.8 Å². The number of carbonyl (C=O) groups excluding carboxylic acids is 1. The number of amides is 1. The first-order chi connectivity index (χ1) is 10.6. The number of nitrogens with zero attached hydrogens (tertiary/aromatic N) is 2. The molecule has 0 bridgehead atoms. The highest BCUT2D eigenvalue weighted by molar-refractivity contribution is 5.67. The van der Waals surface area contributed by atoms with Crippen LogP contribution in [0.1, 0.15) is 31.4 Å². The summed E-state index contributed by atoms with van der Waals surface area (Å²) in [4.78, 5) is 16.1. The lowest BCUT2D eigenvalue weighted by Crippen LogP contribution is -2.37. The molecule has 2 rings (SSSR count). The van der Waals surface area contributed by atoms with Crippen LogP contribution in [0.4, 0.5) is 10.5 Å². The smallest absolute Gasteiger partial charge is 0.407 e. The minimum Gasteiger partial charge on any atom is -0.450 e. The first-order valence-corrected chi connectivity index (χ1v) is 8.03. The number of anilines is 1. The first kappa shape index (κ1) is 16.6. The fraction of sp³-hybridized carbons (Fsp3) is 0.588. The van der Waals surface area contributed by atoms with Crippen molar-refractivity contribution in [1.29, 1.82) is 0 Å². The quantitative estimate of drug-likeness (QED) is 0.877. The molecule has 1 amide bonds. The Labute approximate surface area is 133 Å². The summed E-state index contributed by atoms with van der Waals surface area (Å²) < 4.78 is 4.97. The van der Waals surface area contributed by atoms with Crippen LogP contribution in [0.3, 0.4) is 0 Å². The standard InChI is InChI=1S/C17H27N3O2/c1-4-22-17(21)18-13-16(20-11-5-6-12-20)14-7-9-15(10-8-14)19(2)3/h7-10,16H,4-6,11-13H2,1-3H3,(H,18,21). The molecule has 1 aliphatic rings. The Bertz CT molecular complexity index is 467. The molecule has 5 heteroatoms. The second-order valence-corrected chi connectivity index (χ2v) is 5.85. The summed E-state index contributed by atoms with van der Waals surface area (Å²) in [6.45, 7) is 4.98. The van der Waals surface area contributed by atoms with Crippen molar-refractivity contribution in [2.45, 2.75) is 25.8 Å². The van der Waals surface area contributed by atoms with E-state index in [0.29, 0.717) is 13.2 Å². The predicted octanol–water partition coefficient (Wildman–Crippen LogP) is 2.64. The summed E-state index contributed by atoms with van der Waals surface area (Å²) >= 11 is 0. The second-order valence-electron chi connectivity index (χ2n) is 5.85. The molecular formula is C17H27N3O2. The Kier molecular flexibility index (Phi) is 6.07. The van der Waals surface area contributed by atoms with E-state index in [4.69, 9.17) is 4.74 Å². The van der Waals surface area contributed by atoms with Crippen molar-refractivity contribution < 1.29 is 9.53 Å². The van der Waals surface area contributed by atoms with Gasteiger partial charge in [0.2, 0.25) is 0 Å². The van der Waals surface area contributed by atoms with Crippen molar-refractivity contribution in [3.8, 4) is 0 Å². The lowest BCUT2D eigenvalue weighted by atomic mass is 10.0. The van der Waals surface area contributed by atoms with E-state index in [-0.39, 0.29) is 12.1 Å². The van der Waals surface area contributed by atoms with Gasteiger partial charge in [-0.15, -0.1) is 0 Å². The van der Waals surface area contributed by atoms with Crippen molar-refractivity contribution in [3.05, 3.63) is 29.8 Å². The molecule has 1 unspecified atom stereocenters. The highest BCUT2D eigenvalue weighted by atomic mass is 16.5. The molecule has 0 aliphatic carbocycles. The van der Waals surface area contributed by atoms with Crippen LogP contribution >= 0.6 is 0 Å². The molecule has 1 aromatic rings. The predicted molar refractivity (Wildman–Crippen MR) is 89.3 cm³/mol. The Hall–Kier alpha value is -1.75. The normalized spacial score (nSPS) is 16.3. The van der Waals surface area contributed by atoms with Crippen LogP contribution in [0.15, 0.2) is 24.3 Å². The van der Waals surface area contributed by atoms with Gasteiger partial charge in [-0.1, -0.05) is 12.1 Å². The molecule has 122 valence electrons. The zero-order valence-corrected chi connectivity index (χ0v) is 13.8. The Balaban J connectivity index is 2.07. The molecule has 0 spiro atoms. The first-order valence-electron chi connectivity index (χ1n) is 8.03. The third-order valence-corrected chi connectivity index (χ3v) is 4.09. The Morgan fingerprint density at radius 3 is 2.45 bits per heavy atom. The van der Waals surface area contributed by atoms with Gasteiger partial charge in [0.15, 0.2) is 0 Å². The van der Waals surface area contributed by atoms with Gasteiger partial charge in [-0.3, -0.25) is 4.90 Å². The molecule has 1 fully saturated rings. The monoisotopic (exact) mass is 305 g/mol. The minimum atomic E-state index is -0.336. The van der Waals surface area contributed by atoms with E-state index >= 15 is 0 Å². The fourth-order valence-corrected chi connectivity index (χ4v) is 2.87. The molecule has 0 radical (unpaired) electrons. The SMILES string of the molecule is CCOC(=O)NCC(c1ccc(N(C)C)cc1)N1CCCC1. The average Bonchev–Trinajstić information content (AvgIpc) is 3.02. The molecule has 22 heavy (non-hydrogen) atoms. The lowest BCUT2D eigenvalue weighted by Gasteiger charge is -2.28. The van der Waals surface area contributed by atoms with Gasteiger partial charge in [0.05, 0.1) is 12.6 Å². The lowest BCUT2D eigenvalue weighted by molar-refractivity contribution is 0.146. The van der Waals surface area contributed by atoms with E-state index in [9.17, 15) is 4.79 Å². The maximum atomic E-state index is 11.6. The van der Waals surface area contributed by atoms with Crippen LogP contribution in [0, 0.1) is 0 Å². The summed E-state index contributed by atoms with van der Waals surface area (Å²) in [5.74, 6) is 0. The van der Waals surface area contributed by atoms with Crippen LogP contribution in [0.25, 0.3) is 0 Å². The van der Waals surface area contributed by atoms with Crippen LogP contribution in [0.2, 0.25) is 0 Å². The number of likely N-dealkylation sites (tertiary alicyclic amines) is 1. The van der Waals surface area contributed by atoms with Crippen molar-refractivity contribution in [3.63, 3.8) is 0 Å². The van der Waals surface area contributed by atoms with E-state index in [1.165, 1.54) is 24.1 Å². The summed E-state index contributed by atoms with van der Waals surface area (Å²) in [7, 11) is 4.07. The maximum Gasteiger partial charge on any atom is 0.407 e. The molecule has 1 heterocycles. The fourth-order valence-electron chi connectivity index (χ4n) is 2.87. The third-order valence-electron chi connectivity index (χ3n) is 4.09. The number of hydrogen-bond donors (Lipinski definition) is 1. The van der Waals surface area contributed by atoms with E-state index in [2.05, 4.69) is 39.4 Å². The van der Waals surface area contributed by atoms with Crippen LogP contribution < -0.4 is 10.2 Å². The number of alkyl carbamates (subject to hydrolysis) is 1. The van der Waals surface area contributed by atoms with Gasteiger partial charge in [0.1, 0.15) is 0 Å². The molecule has 1 aromatic carbocycles. The Morgan fingerprint density at radius 2 is 1.91 bits per heavy atom.